The number of aliphatic hydroxyl groups is 1. The van der Waals surface area contributed by atoms with Gasteiger partial charge in [0.2, 0.25) is 11.8 Å². The van der Waals surface area contributed by atoms with E-state index in [4.69, 9.17) is 0 Å². The van der Waals surface area contributed by atoms with Crippen molar-refractivity contribution in [2.45, 2.75) is 38.2 Å². The Hall–Kier alpha value is -1.88. The van der Waals surface area contributed by atoms with Crippen molar-refractivity contribution in [1.82, 2.24) is 10.2 Å². The van der Waals surface area contributed by atoms with E-state index in [9.17, 15) is 14.7 Å². The summed E-state index contributed by atoms with van der Waals surface area (Å²) in [4.78, 5) is 26.4. The van der Waals surface area contributed by atoms with E-state index in [1.165, 1.54) is 0 Å². The average Bonchev–Trinajstić information content (AvgIpc) is 3.47. The van der Waals surface area contributed by atoms with E-state index in [-0.39, 0.29) is 23.7 Å². The number of likely N-dealkylation sites (tertiary alicyclic amines) is 1. The Kier molecular flexibility index (Phi) is 5.51. The number of amides is 2. The van der Waals surface area contributed by atoms with Crippen molar-refractivity contribution in [3.8, 4) is 0 Å². The molecular formula is C19H26N2O3. The molecule has 5 heteroatoms. The van der Waals surface area contributed by atoms with Gasteiger partial charge in [-0.15, -0.1) is 0 Å². The van der Waals surface area contributed by atoms with E-state index in [0.717, 1.165) is 37.8 Å². The van der Waals surface area contributed by atoms with E-state index in [2.05, 4.69) is 5.32 Å². The SMILES string of the molecule is O=C(NCCC(O)c1ccccc1)C1CCCN(C(=O)C2CC2)C1. The van der Waals surface area contributed by atoms with Gasteiger partial charge < -0.3 is 15.3 Å². The Balaban J connectivity index is 1.42. The predicted molar refractivity (Wildman–Crippen MR) is 91.1 cm³/mol. The molecule has 0 spiro atoms. The highest BCUT2D eigenvalue weighted by molar-refractivity contribution is 5.83. The van der Waals surface area contributed by atoms with Gasteiger partial charge >= 0.3 is 0 Å². The van der Waals surface area contributed by atoms with E-state index >= 15 is 0 Å². The summed E-state index contributed by atoms with van der Waals surface area (Å²) in [6.07, 6.45) is 3.66. The predicted octanol–water partition coefficient (Wildman–Crippen LogP) is 1.87. The van der Waals surface area contributed by atoms with Gasteiger partial charge in [0.05, 0.1) is 12.0 Å². The van der Waals surface area contributed by atoms with E-state index in [0.29, 0.717) is 19.5 Å². The highest BCUT2D eigenvalue weighted by Crippen LogP contribution is 2.32. The van der Waals surface area contributed by atoms with Crippen LogP contribution in [0, 0.1) is 11.8 Å². The van der Waals surface area contributed by atoms with Gasteiger partial charge in [-0.25, -0.2) is 0 Å². The lowest BCUT2D eigenvalue weighted by Crippen LogP contribution is -2.46. The number of nitrogens with zero attached hydrogens (tertiary/aromatic N) is 1. The van der Waals surface area contributed by atoms with Gasteiger partial charge in [-0.1, -0.05) is 30.3 Å². The lowest BCUT2D eigenvalue weighted by atomic mass is 9.96. The molecule has 1 aliphatic heterocycles. The zero-order valence-corrected chi connectivity index (χ0v) is 14.0. The maximum Gasteiger partial charge on any atom is 0.225 e. The zero-order valence-electron chi connectivity index (χ0n) is 14.0. The maximum atomic E-state index is 12.3. The fourth-order valence-corrected chi connectivity index (χ4v) is 3.30. The maximum absolute atomic E-state index is 12.3. The van der Waals surface area contributed by atoms with Crippen LogP contribution in [0.1, 0.15) is 43.8 Å². The molecular weight excluding hydrogens is 304 g/mol. The molecule has 1 heterocycles. The minimum absolute atomic E-state index is 0.00330. The van der Waals surface area contributed by atoms with Crippen LogP contribution in [0.3, 0.4) is 0 Å². The topological polar surface area (TPSA) is 69.6 Å². The van der Waals surface area contributed by atoms with E-state index in [1.807, 2.05) is 35.2 Å². The first-order valence-electron chi connectivity index (χ1n) is 8.94. The minimum atomic E-state index is -0.564. The molecule has 1 saturated carbocycles. The lowest BCUT2D eigenvalue weighted by molar-refractivity contribution is -0.136. The molecule has 5 nitrogen and oxygen atoms in total. The summed E-state index contributed by atoms with van der Waals surface area (Å²) in [5, 5.41) is 13.0. The van der Waals surface area contributed by atoms with Crippen molar-refractivity contribution in [3.05, 3.63) is 35.9 Å². The number of benzene rings is 1. The van der Waals surface area contributed by atoms with Crippen LogP contribution in [-0.2, 0) is 9.59 Å². The average molecular weight is 330 g/mol. The van der Waals surface area contributed by atoms with Crippen molar-refractivity contribution in [3.63, 3.8) is 0 Å². The molecule has 3 rings (SSSR count). The second kappa shape index (κ2) is 7.79. The molecule has 1 aromatic carbocycles. The molecule has 130 valence electrons. The van der Waals surface area contributed by atoms with Crippen LogP contribution in [0.5, 0.6) is 0 Å². The van der Waals surface area contributed by atoms with Gasteiger partial charge in [-0.3, -0.25) is 9.59 Å². The van der Waals surface area contributed by atoms with Crippen molar-refractivity contribution in [2.24, 2.45) is 11.8 Å². The quantitative estimate of drug-likeness (QED) is 0.837. The number of nitrogens with one attached hydrogen (secondary N) is 1. The molecule has 2 N–H and O–H groups in total. The Morgan fingerprint density at radius 2 is 1.92 bits per heavy atom. The van der Waals surface area contributed by atoms with Crippen molar-refractivity contribution < 1.29 is 14.7 Å². The number of rotatable bonds is 6. The monoisotopic (exact) mass is 330 g/mol. The largest absolute Gasteiger partial charge is 0.388 e. The number of aliphatic hydroxyl groups excluding tert-OH is 1. The summed E-state index contributed by atoms with van der Waals surface area (Å²) in [7, 11) is 0. The fourth-order valence-electron chi connectivity index (χ4n) is 3.30. The first kappa shape index (κ1) is 17.0. The highest BCUT2D eigenvalue weighted by Gasteiger charge is 2.36. The molecule has 1 aromatic rings. The van der Waals surface area contributed by atoms with Crippen LogP contribution in [-0.4, -0.2) is 41.5 Å². The minimum Gasteiger partial charge on any atom is -0.388 e. The molecule has 2 fully saturated rings. The van der Waals surface area contributed by atoms with Crippen molar-refractivity contribution in [1.29, 1.82) is 0 Å². The fraction of sp³-hybridized carbons (Fsp3) is 0.579. The molecule has 0 aromatic heterocycles. The Morgan fingerprint density at radius 1 is 1.17 bits per heavy atom. The van der Waals surface area contributed by atoms with Crippen molar-refractivity contribution in [2.75, 3.05) is 19.6 Å². The third-order valence-electron chi connectivity index (χ3n) is 4.93. The van der Waals surface area contributed by atoms with Crippen LogP contribution in [0.4, 0.5) is 0 Å². The number of hydrogen-bond acceptors (Lipinski definition) is 3. The van der Waals surface area contributed by atoms with Crippen LogP contribution in [0.2, 0.25) is 0 Å². The standard InChI is InChI=1S/C19H26N2O3/c22-17(14-5-2-1-3-6-14)10-11-20-18(23)16-7-4-12-21(13-16)19(24)15-8-9-15/h1-3,5-6,15-17,22H,4,7-13H2,(H,20,23). The highest BCUT2D eigenvalue weighted by atomic mass is 16.3. The van der Waals surface area contributed by atoms with Gasteiger partial charge in [-0.2, -0.15) is 0 Å². The molecule has 0 radical (unpaired) electrons. The van der Waals surface area contributed by atoms with Gasteiger partial charge in [0, 0.05) is 25.6 Å². The Bertz CT molecular complexity index is 571. The van der Waals surface area contributed by atoms with Crippen LogP contribution >= 0.6 is 0 Å². The summed E-state index contributed by atoms with van der Waals surface area (Å²) >= 11 is 0. The van der Waals surface area contributed by atoms with Crippen LogP contribution in [0.25, 0.3) is 0 Å². The summed E-state index contributed by atoms with van der Waals surface area (Å²) in [5.74, 6) is 0.332. The summed E-state index contributed by atoms with van der Waals surface area (Å²) in [6.45, 7) is 1.77. The molecule has 24 heavy (non-hydrogen) atoms. The number of hydrogen-bond donors (Lipinski definition) is 2. The third kappa shape index (κ3) is 4.35. The zero-order chi connectivity index (χ0) is 16.9. The second-order valence-corrected chi connectivity index (χ2v) is 6.90. The van der Waals surface area contributed by atoms with E-state index < -0.39 is 6.10 Å². The normalized spacial score (nSPS) is 22.0. The van der Waals surface area contributed by atoms with Gasteiger partial charge in [0.15, 0.2) is 0 Å². The molecule has 2 aliphatic rings. The lowest BCUT2D eigenvalue weighted by Gasteiger charge is -2.32. The van der Waals surface area contributed by atoms with Gasteiger partial charge in [0.25, 0.3) is 0 Å². The molecule has 0 bridgehead atoms. The molecule has 1 aliphatic carbocycles. The molecule has 2 amide bonds. The first-order valence-corrected chi connectivity index (χ1v) is 8.94. The Morgan fingerprint density at radius 3 is 2.62 bits per heavy atom. The number of piperidine rings is 1. The number of carbonyl (C=O) groups is 2. The summed E-state index contributed by atoms with van der Waals surface area (Å²) < 4.78 is 0. The molecule has 2 atom stereocenters. The molecule has 1 saturated heterocycles. The van der Waals surface area contributed by atoms with Crippen LogP contribution < -0.4 is 5.32 Å². The number of carbonyl (C=O) groups excluding carboxylic acids is 2. The van der Waals surface area contributed by atoms with Crippen molar-refractivity contribution >= 4 is 11.8 Å². The van der Waals surface area contributed by atoms with Crippen LogP contribution in [0.15, 0.2) is 30.3 Å². The summed E-state index contributed by atoms with van der Waals surface area (Å²) in [6, 6.07) is 9.47. The molecule has 2 unspecified atom stereocenters. The first-order chi connectivity index (χ1) is 11.6. The van der Waals surface area contributed by atoms with E-state index in [1.54, 1.807) is 0 Å². The third-order valence-corrected chi connectivity index (χ3v) is 4.93. The Labute approximate surface area is 143 Å². The smallest absolute Gasteiger partial charge is 0.225 e. The van der Waals surface area contributed by atoms with Gasteiger partial charge in [0.1, 0.15) is 0 Å². The van der Waals surface area contributed by atoms with Gasteiger partial charge in [-0.05, 0) is 37.7 Å². The summed E-state index contributed by atoms with van der Waals surface area (Å²) in [5.41, 5.74) is 0.866. The second-order valence-electron chi connectivity index (χ2n) is 6.90.